The van der Waals surface area contributed by atoms with Gasteiger partial charge in [0.05, 0.1) is 0 Å². The number of benzene rings is 1. The van der Waals surface area contributed by atoms with E-state index in [4.69, 9.17) is 0 Å². The van der Waals surface area contributed by atoms with Crippen LogP contribution in [0.15, 0.2) is 34.9 Å². The Labute approximate surface area is 123 Å². The van der Waals surface area contributed by atoms with Gasteiger partial charge in [-0.05, 0) is 34.8 Å². The van der Waals surface area contributed by atoms with Crippen LogP contribution in [-0.2, 0) is 6.54 Å². The average Bonchev–Trinajstić information content (AvgIpc) is 2.78. The number of nitrogens with one attached hydrogen (secondary N) is 1. The molecular weight excluding hydrogens is 300 g/mol. The lowest BCUT2D eigenvalue weighted by Crippen LogP contribution is -2.33. The van der Waals surface area contributed by atoms with Gasteiger partial charge in [-0.25, -0.2) is 0 Å². The van der Waals surface area contributed by atoms with Crippen molar-refractivity contribution in [1.82, 2.24) is 9.88 Å². The molecule has 1 aliphatic rings. The summed E-state index contributed by atoms with van der Waals surface area (Å²) >= 11 is 3.64. The normalized spacial score (nSPS) is 17.1. The highest BCUT2D eigenvalue weighted by atomic mass is 79.9. The Hall–Kier alpha value is -0.800. The van der Waals surface area contributed by atoms with Gasteiger partial charge in [-0.2, -0.15) is 0 Å². The first kappa shape index (κ1) is 13.2. The van der Waals surface area contributed by atoms with Crippen LogP contribution >= 0.6 is 15.9 Å². The largest absolute Gasteiger partial charge is 0.345 e. The van der Waals surface area contributed by atoms with Gasteiger partial charge in [-0.1, -0.05) is 37.5 Å². The number of halogens is 1. The quantitative estimate of drug-likeness (QED) is 0.887. The van der Waals surface area contributed by atoms with E-state index in [-0.39, 0.29) is 0 Å². The molecule has 1 saturated carbocycles. The number of hydrogen-bond acceptors (Lipinski definition) is 1. The summed E-state index contributed by atoms with van der Waals surface area (Å²) in [5.41, 5.74) is 1.32. The van der Waals surface area contributed by atoms with Crippen LogP contribution < -0.4 is 5.32 Å². The zero-order valence-electron chi connectivity index (χ0n) is 11.2. The Morgan fingerprint density at radius 3 is 2.79 bits per heavy atom. The monoisotopic (exact) mass is 320 g/mol. The highest BCUT2D eigenvalue weighted by Gasteiger charge is 2.12. The number of fused-ring (bicyclic) bond motifs is 1. The Bertz CT molecular complexity index is 541. The van der Waals surface area contributed by atoms with E-state index < -0.39 is 0 Å². The third-order valence-corrected chi connectivity index (χ3v) is 4.76. The second kappa shape index (κ2) is 6.10. The lowest BCUT2D eigenvalue weighted by molar-refractivity contribution is 0.369. The molecule has 3 rings (SSSR count). The number of para-hydroxylation sites is 1. The summed E-state index contributed by atoms with van der Waals surface area (Å²) in [4.78, 5) is 0. The minimum absolute atomic E-state index is 0.749. The van der Waals surface area contributed by atoms with Crippen molar-refractivity contribution in [1.29, 1.82) is 0 Å². The predicted molar refractivity (Wildman–Crippen MR) is 84.5 cm³/mol. The van der Waals surface area contributed by atoms with Gasteiger partial charge in [-0.15, -0.1) is 0 Å². The summed E-state index contributed by atoms with van der Waals surface area (Å²) in [7, 11) is 0. The van der Waals surface area contributed by atoms with Crippen LogP contribution in [0.25, 0.3) is 10.9 Å². The minimum atomic E-state index is 0.749. The van der Waals surface area contributed by atoms with Crippen molar-refractivity contribution in [2.24, 2.45) is 0 Å². The smallest absolute Gasteiger partial charge is 0.0492 e. The molecular formula is C16H21BrN2. The van der Waals surface area contributed by atoms with Crippen molar-refractivity contribution in [3.63, 3.8) is 0 Å². The lowest BCUT2D eigenvalue weighted by atomic mass is 9.95. The number of nitrogens with zero attached hydrogens (tertiary/aromatic N) is 1. The van der Waals surface area contributed by atoms with Gasteiger partial charge in [0.15, 0.2) is 0 Å². The molecule has 1 fully saturated rings. The molecule has 19 heavy (non-hydrogen) atoms. The molecule has 1 aromatic heterocycles. The predicted octanol–water partition coefficient (Wildman–Crippen LogP) is 4.33. The maximum Gasteiger partial charge on any atom is 0.0492 e. The molecule has 3 heteroatoms. The molecule has 102 valence electrons. The molecule has 2 aromatic rings. The molecule has 0 saturated heterocycles. The standard InChI is InChI=1S/C16H21BrN2/c17-15-12-19(16-9-5-4-8-14(15)16)11-10-18-13-6-2-1-3-7-13/h4-5,8-9,12-13,18H,1-3,6-7,10-11H2. The van der Waals surface area contributed by atoms with Gasteiger partial charge in [0.2, 0.25) is 0 Å². The molecule has 1 heterocycles. The molecule has 2 nitrogen and oxygen atoms in total. The van der Waals surface area contributed by atoms with Gasteiger partial charge in [0, 0.05) is 40.7 Å². The molecule has 0 aliphatic heterocycles. The van der Waals surface area contributed by atoms with Crippen LogP contribution in [0.2, 0.25) is 0 Å². The number of rotatable bonds is 4. The summed E-state index contributed by atoms with van der Waals surface area (Å²) in [5, 5.41) is 5.01. The molecule has 0 atom stereocenters. The molecule has 0 spiro atoms. The Morgan fingerprint density at radius 1 is 1.16 bits per heavy atom. The molecule has 0 unspecified atom stereocenters. The SMILES string of the molecule is Brc1cn(CCNC2CCCCC2)c2ccccc12. The van der Waals surface area contributed by atoms with Crippen LogP contribution in [0.4, 0.5) is 0 Å². The first-order chi connectivity index (χ1) is 9.34. The van der Waals surface area contributed by atoms with Crippen molar-refractivity contribution >= 4 is 26.8 Å². The molecule has 0 radical (unpaired) electrons. The summed E-state index contributed by atoms with van der Waals surface area (Å²) in [6.45, 7) is 2.11. The zero-order valence-corrected chi connectivity index (χ0v) is 12.8. The van der Waals surface area contributed by atoms with E-state index in [0.29, 0.717) is 0 Å². The minimum Gasteiger partial charge on any atom is -0.345 e. The van der Waals surface area contributed by atoms with Gasteiger partial charge >= 0.3 is 0 Å². The molecule has 0 bridgehead atoms. The van der Waals surface area contributed by atoms with Crippen LogP contribution in [-0.4, -0.2) is 17.2 Å². The van der Waals surface area contributed by atoms with Crippen molar-refractivity contribution in [2.75, 3.05) is 6.54 Å². The van der Waals surface area contributed by atoms with Crippen LogP contribution in [0.3, 0.4) is 0 Å². The molecule has 1 N–H and O–H groups in total. The van der Waals surface area contributed by atoms with Crippen molar-refractivity contribution in [2.45, 2.75) is 44.7 Å². The van der Waals surface area contributed by atoms with Crippen molar-refractivity contribution < 1.29 is 0 Å². The molecule has 0 amide bonds. The number of aromatic nitrogens is 1. The van der Waals surface area contributed by atoms with E-state index in [9.17, 15) is 0 Å². The van der Waals surface area contributed by atoms with Crippen LogP contribution in [0.5, 0.6) is 0 Å². The fourth-order valence-electron chi connectivity index (χ4n) is 3.08. The molecule has 1 aromatic carbocycles. The summed E-state index contributed by atoms with van der Waals surface area (Å²) in [5.74, 6) is 0. The summed E-state index contributed by atoms with van der Waals surface area (Å²) in [6.07, 6.45) is 9.14. The highest BCUT2D eigenvalue weighted by molar-refractivity contribution is 9.10. The van der Waals surface area contributed by atoms with Crippen molar-refractivity contribution in [3.05, 3.63) is 34.9 Å². The molecule has 1 aliphatic carbocycles. The lowest BCUT2D eigenvalue weighted by Gasteiger charge is -2.23. The second-order valence-corrected chi connectivity index (χ2v) is 6.33. The number of hydrogen-bond donors (Lipinski definition) is 1. The van der Waals surface area contributed by atoms with Gasteiger partial charge in [0.1, 0.15) is 0 Å². The maximum atomic E-state index is 3.71. The van der Waals surface area contributed by atoms with E-state index in [2.05, 4.69) is 56.3 Å². The summed E-state index contributed by atoms with van der Waals surface area (Å²) < 4.78 is 3.54. The van der Waals surface area contributed by atoms with Crippen LogP contribution in [0.1, 0.15) is 32.1 Å². The fourth-order valence-corrected chi connectivity index (χ4v) is 3.67. The topological polar surface area (TPSA) is 17.0 Å². The van der Waals surface area contributed by atoms with Gasteiger partial charge < -0.3 is 9.88 Å². The van der Waals surface area contributed by atoms with E-state index in [0.717, 1.165) is 19.1 Å². The van der Waals surface area contributed by atoms with Gasteiger partial charge in [0.25, 0.3) is 0 Å². The zero-order chi connectivity index (χ0) is 13.1. The van der Waals surface area contributed by atoms with E-state index in [1.807, 2.05) is 0 Å². The Balaban J connectivity index is 1.62. The van der Waals surface area contributed by atoms with Gasteiger partial charge in [-0.3, -0.25) is 0 Å². The Kier molecular flexibility index (Phi) is 4.24. The third-order valence-electron chi connectivity index (χ3n) is 4.13. The fraction of sp³-hybridized carbons (Fsp3) is 0.500. The average molecular weight is 321 g/mol. The van der Waals surface area contributed by atoms with Crippen LogP contribution in [0, 0.1) is 0 Å². The maximum absolute atomic E-state index is 3.71. The first-order valence-corrected chi connectivity index (χ1v) is 8.10. The van der Waals surface area contributed by atoms with E-state index in [1.165, 1.54) is 47.5 Å². The second-order valence-electron chi connectivity index (χ2n) is 5.48. The Morgan fingerprint density at radius 2 is 1.95 bits per heavy atom. The highest BCUT2D eigenvalue weighted by Crippen LogP contribution is 2.25. The summed E-state index contributed by atoms with van der Waals surface area (Å²) in [6, 6.07) is 9.32. The van der Waals surface area contributed by atoms with E-state index in [1.54, 1.807) is 0 Å². The van der Waals surface area contributed by atoms with Crippen molar-refractivity contribution in [3.8, 4) is 0 Å². The van der Waals surface area contributed by atoms with E-state index >= 15 is 0 Å². The first-order valence-electron chi connectivity index (χ1n) is 7.31. The third kappa shape index (κ3) is 3.03.